The molecule has 0 bridgehead atoms. The summed E-state index contributed by atoms with van der Waals surface area (Å²) in [6.07, 6.45) is 1.25. The predicted octanol–water partition coefficient (Wildman–Crippen LogP) is 4.17. The highest BCUT2D eigenvalue weighted by atomic mass is 31.1. The lowest BCUT2D eigenvalue weighted by molar-refractivity contribution is 1.03. The molecular formula is C9H22P. The largest absolute Gasteiger partial charge is 0.0752 e. The molecule has 10 heavy (non-hydrogen) atoms. The van der Waals surface area contributed by atoms with E-state index in [1.165, 1.54) is 6.42 Å². The minimum atomic E-state index is 0.847. The lowest BCUT2D eigenvalue weighted by atomic mass is 10.5. The quantitative estimate of drug-likeness (QED) is 0.533. The zero-order chi connectivity index (χ0) is 8.57. The van der Waals surface area contributed by atoms with Gasteiger partial charge in [-0.15, -0.1) is 0 Å². The monoisotopic (exact) mass is 161 g/mol. The Labute approximate surface area is 68.6 Å². The van der Waals surface area contributed by atoms with E-state index < -0.39 is 0 Å². The van der Waals surface area contributed by atoms with Crippen LogP contribution in [0, 0.1) is 0 Å². The van der Waals surface area contributed by atoms with Gasteiger partial charge < -0.3 is 0 Å². The second-order valence-electron chi connectivity index (χ2n) is 3.04. The molecule has 0 unspecified atom stereocenters. The summed E-state index contributed by atoms with van der Waals surface area (Å²) in [4.78, 5) is 0. The summed E-state index contributed by atoms with van der Waals surface area (Å²) in [6.45, 7) is 13.3. The Morgan fingerprint density at radius 2 is 1.10 bits per heavy atom. The van der Waals surface area contributed by atoms with Crippen molar-refractivity contribution in [2.75, 3.05) is 0 Å². The molecule has 0 amide bonds. The molecule has 0 rings (SSSR count). The summed E-state index contributed by atoms with van der Waals surface area (Å²) in [5, 5.41) is 0. The fourth-order valence-electron chi connectivity index (χ4n) is 0.596. The van der Waals surface area contributed by atoms with Crippen LogP contribution in [0.2, 0.25) is 0 Å². The standard InChI is InChI=1S/C6H14P.C3H8/c1-5(2)7-6(3)4;1-3-2/h5-6H,1-4H3;3H2,1-2H3. The van der Waals surface area contributed by atoms with Gasteiger partial charge in [0.1, 0.15) is 0 Å². The van der Waals surface area contributed by atoms with Gasteiger partial charge in [0.2, 0.25) is 0 Å². The van der Waals surface area contributed by atoms with E-state index in [1.807, 2.05) is 0 Å². The maximum atomic E-state index is 2.25. The van der Waals surface area contributed by atoms with Crippen molar-refractivity contribution in [3.63, 3.8) is 0 Å². The predicted molar refractivity (Wildman–Crippen MR) is 53.2 cm³/mol. The first-order valence-corrected chi connectivity index (χ1v) is 5.27. The van der Waals surface area contributed by atoms with Gasteiger partial charge in [-0.2, -0.15) is 0 Å². The Kier molecular flexibility index (Phi) is 12.3. The normalized spacial score (nSPS) is 9.60. The van der Waals surface area contributed by atoms with Crippen LogP contribution in [-0.2, 0) is 0 Å². The summed E-state index contributed by atoms with van der Waals surface area (Å²) in [6, 6.07) is 0. The first-order chi connectivity index (χ1) is 4.54. The van der Waals surface area contributed by atoms with Gasteiger partial charge in [0.05, 0.1) is 0 Å². The second-order valence-corrected chi connectivity index (χ2v) is 5.41. The van der Waals surface area contributed by atoms with Crippen LogP contribution in [0.15, 0.2) is 0 Å². The molecule has 0 aliphatic heterocycles. The number of hydrogen-bond acceptors (Lipinski definition) is 0. The third kappa shape index (κ3) is 23.7. The van der Waals surface area contributed by atoms with Gasteiger partial charge in [0, 0.05) is 0 Å². The molecular weight excluding hydrogens is 139 g/mol. The van der Waals surface area contributed by atoms with Gasteiger partial charge in [-0.3, -0.25) is 0 Å². The van der Waals surface area contributed by atoms with E-state index in [1.54, 1.807) is 8.58 Å². The molecule has 0 atom stereocenters. The molecule has 1 heteroatoms. The van der Waals surface area contributed by atoms with E-state index in [-0.39, 0.29) is 0 Å². The van der Waals surface area contributed by atoms with E-state index >= 15 is 0 Å². The van der Waals surface area contributed by atoms with E-state index in [0.717, 1.165) is 11.3 Å². The number of hydrogen-bond donors (Lipinski definition) is 0. The van der Waals surface area contributed by atoms with Crippen molar-refractivity contribution >= 4 is 8.58 Å². The summed E-state index contributed by atoms with van der Waals surface area (Å²) >= 11 is 0. The van der Waals surface area contributed by atoms with Gasteiger partial charge in [0.15, 0.2) is 0 Å². The molecule has 0 aliphatic carbocycles. The van der Waals surface area contributed by atoms with Gasteiger partial charge in [0.25, 0.3) is 0 Å². The summed E-state index contributed by atoms with van der Waals surface area (Å²) in [5.74, 6) is 0. The van der Waals surface area contributed by atoms with Gasteiger partial charge in [-0.25, -0.2) is 0 Å². The van der Waals surface area contributed by atoms with E-state index in [9.17, 15) is 0 Å². The molecule has 0 aliphatic rings. The Morgan fingerprint density at radius 3 is 1.10 bits per heavy atom. The van der Waals surface area contributed by atoms with Crippen molar-refractivity contribution in [3.05, 3.63) is 0 Å². The van der Waals surface area contributed by atoms with Gasteiger partial charge >= 0.3 is 0 Å². The average Bonchev–Trinajstić information content (AvgIpc) is 1.62. The minimum Gasteiger partial charge on any atom is -0.0752 e. The molecule has 0 aromatic carbocycles. The molecule has 0 spiro atoms. The zero-order valence-electron chi connectivity index (χ0n) is 8.31. The third-order valence-electron chi connectivity index (χ3n) is 0.596. The second kappa shape index (κ2) is 9.43. The maximum absolute atomic E-state index is 2.25. The van der Waals surface area contributed by atoms with Crippen molar-refractivity contribution < 1.29 is 0 Å². The maximum Gasteiger partial charge on any atom is -0.0225 e. The molecule has 0 heterocycles. The topological polar surface area (TPSA) is 0 Å². The summed E-state index contributed by atoms with van der Waals surface area (Å²) < 4.78 is 0. The molecule has 63 valence electrons. The molecule has 0 fully saturated rings. The van der Waals surface area contributed by atoms with Gasteiger partial charge in [-0.1, -0.05) is 56.5 Å². The van der Waals surface area contributed by atoms with Crippen molar-refractivity contribution in [1.29, 1.82) is 0 Å². The van der Waals surface area contributed by atoms with Crippen LogP contribution < -0.4 is 0 Å². The Hall–Kier alpha value is 0.430. The van der Waals surface area contributed by atoms with E-state index in [0.29, 0.717) is 0 Å². The first kappa shape index (κ1) is 13.1. The molecule has 0 saturated carbocycles. The molecule has 0 aromatic heterocycles. The summed E-state index contributed by atoms with van der Waals surface area (Å²) in [7, 11) is 1.58. The van der Waals surface area contributed by atoms with Crippen LogP contribution in [0.4, 0.5) is 0 Å². The zero-order valence-corrected chi connectivity index (χ0v) is 9.20. The van der Waals surface area contributed by atoms with Crippen molar-refractivity contribution in [2.45, 2.75) is 59.3 Å². The van der Waals surface area contributed by atoms with Crippen LogP contribution in [0.1, 0.15) is 48.0 Å². The molecule has 0 nitrogen and oxygen atoms in total. The minimum absolute atomic E-state index is 0.847. The lowest BCUT2D eigenvalue weighted by Gasteiger charge is -2.04. The molecule has 0 saturated heterocycles. The highest BCUT2D eigenvalue weighted by molar-refractivity contribution is 7.39. The third-order valence-corrected chi connectivity index (χ3v) is 1.79. The van der Waals surface area contributed by atoms with Crippen molar-refractivity contribution in [1.82, 2.24) is 0 Å². The first-order valence-electron chi connectivity index (χ1n) is 4.24. The fourth-order valence-corrected chi connectivity index (χ4v) is 1.79. The Morgan fingerprint density at radius 1 is 0.900 bits per heavy atom. The van der Waals surface area contributed by atoms with Crippen LogP contribution in [-0.4, -0.2) is 11.3 Å². The van der Waals surface area contributed by atoms with E-state index in [2.05, 4.69) is 41.5 Å². The van der Waals surface area contributed by atoms with Crippen LogP contribution >= 0.6 is 8.58 Å². The highest BCUT2D eigenvalue weighted by Crippen LogP contribution is 2.23. The SMILES string of the molecule is CC(C)[P]C(C)C.CCC. The average molecular weight is 161 g/mol. The van der Waals surface area contributed by atoms with Crippen molar-refractivity contribution in [3.8, 4) is 0 Å². The Balaban J connectivity index is 0. The Bertz CT molecular complexity index is 42.7. The fraction of sp³-hybridized carbons (Fsp3) is 1.00. The number of rotatable bonds is 2. The molecule has 0 aromatic rings. The summed E-state index contributed by atoms with van der Waals surface area (Å²) in [5.41, 5.74) is 1.69. The van der Waals surface area contributed by atoms with Crippen LogP contribution in [0.25, 0.3) is 0 Å². The lowest BCUT2D eigenvalue weighted by Crippen LogP contribution is -1.90. The highest BCUT2D eigenvalue weighted by Gasteiger charge is 1.96. The van der Waals surface area contributed by atoms with E-state index in [4.69, 9.17) is 0 Å². The smallest absolute Gasteiger partial charge is 0.0225 e. The molecule has 1 radical (unpaired) electrons. The van der Waals surface area contributed by atoms with Crippen LogP contribution in [0.5, 0.6) is 0 Å². The van der Waals surface area contributed by atoms with Gasteiger partial charge in [-0.05, 0) is 11.3 Å². The molecule has 0 N–H and O–H groups in total. The van der Waals surface area contributed by atoms with Crippen molar-refractivity contribution in [2.24, 2.45) is 0 Å². The van der Waals surface area contributed by atoms with Crippen LogP contribution in [0.3, 0.4) is 0 Å².